The second-order valence-electron chi connectivity index (χ2n) is 6.95. The average molecular weight is 302 g/mol. The maximum absolute atomic E-state index is 12.7. The fraction of sp³-hybridized carbons (Fsp3) is 0.588. The van der Waals surface area contributed by atoms with E-state index in [0.717, 1.165) is 6.54 Å². The Morgan fingerprint density at radius 3 is 2.73 bits per heavy atom. The summed E-state index contributed by atoms with van der Waals surface area (Å²) in [6.45, 7) is 7.00. The van der Waals surface area contributed by atoms with Gasteiger partial charge < -0.3 is 19.7 Å². The van der Waals surface area contributed by atoms with E-state index in [0.29, 0.717) is 23.0 Å². The molecular weight excluding hydrogens is 280 g/mol. The molecular formula is C17H22N2O3. The van der Waals surface area contributed by atoms with Gasteiger partial charge in [0.1, 0.15) is 0 Å². The third-order valence-electron chi connectivity index (χ3n) is 4.90. The quantitative estimate of drug-likeness (QED) is 0.908. The lowest BCUT2D eigenvalue weighted by molar-refractivity contribution is -0.0433. The van der Waals surface area contributed by atoms with E-state index in [9.17, 15) is 4.79 Å². The van der Waals surface area contributed by atoms with Crippen LogP contribution in [0.2, 0.25) is 0 Å². The lowest BCUT2D eigenvalue weighted by atomic mass is 9.84. The summed E-state index contributed by atoms with van der Waals surface area (Å²) in [5.41, 5.74) is 0.569. The number of ether oxygens (including phenoxy) is 2. The van der Waals surface area contributed by atoms with Crippen molar-refractivity contribution in [1.82, 2.24) is 10.2 Å². The standard InChI is InChI=1S/C17H22N2O3/c1-17(2)21-14-5-3-4-12(15(14)22-17)16(20)18-13-10-19-8-6-11(13)7-9-19/h3-5,11,13H,6-10H2,1-2H3,(H,18,20)/t13-/m0/s1. The molecule has 0 aromatic heterocycles. The number of fused-ring (bicyclic) bond motifs is 4. The Balaban J connectivity index is 1.54. The first-order chi connectivity index (χ1) is 10.5. The van der Waals surface area contributed by atoms with E-state index in [2.05, 4.69) is 10.2 Å². The van der Waals surface area contributed by atoms with Crippen LogP contribution in [0.1, 0.15) is 37.0 Å². The first-order valence-corrected chi connectivity index (χ1v) is 8.06. The zero-order valence-corrected chi connectivity index (χ0v) is 13.1. The molecule has 0 saturated carbocycles. The third-order valence-corrected chi connectivity index (χ3v) is 4.90. The van der Waals surface area contributed by atoms with Crippen LogP contribution >= 0.6 is 0 Å². The summed E-state index contributed by atoms with van der Waals surface area (Å²) in [5.74, 6) is 1.04. The van der Waals surface area contributed by atoms with Crippen molar-refractivity contribution in [3.63, 3.8) is 0 Å². The number of hydrogen-bond donors (Lipinski definition) is 1. The minimum absolute atomic E-state index is 0.0584. The van der Waals surface area contributed by atoms with Gasteiger partial charge in [-0.3, -0.25) is 4.79 Å². The normalized spacial score (nSPS) is 31.1. The molecule has 1 amide bonds. The van der Waals surface area contributed by atoms with Gasteiger partial charge in [0.2, 0.25) is 5.79 Å². The fourth-order valence-corrected chi connectivity index (χ4v) is 3.79. The highest BCUT2D eigenvalue weighted by molar-refractivity contribution is 5.98. The smallest absolute Gasteiger partial charge is 0.255 e. The van der Waals surface area contributed by atoms with Crippen molar-refractivity contribution >= 4 is 5.91 Å². The zero-order valence-electron chi connectivity index (χ0n) is 13.1. The molecule has 5 heteroatoms. The summed E-state index contributed by atoms with van der Waals surface area (Å²) in [7, 11) is 0. The topological polar surface area (TPSA) is 50.8 Å². The summed E-state index contributed by atoms with van der Waals surface area (Å²) in [5, 5.41) is 3.21. The Morgan fingerprint density at radius 2 is 2.05 bits per heavy atom. The van der Waals surface area contributed by atoms with Crippen LogP contribution in [-0.2, 0) is 0 Å². The van der Waals surface area contributed by atoms with Gasteiger partial charge in [0.15, 0.2) is 11.5 Å². The zero-order chi connectivity index (χ0) is 15.3. The minimum Gasteiger partial charge on any atom is -0.449 e. The number of rotatable bonds is 2. The molecule has 3 fully saturated rings. The van der Waals surface area contributed by atoms with E-state index in [-0.39, 0.29) is 11.9 Å². The highest BCUT2D eigenvalue weighted by Crippen LogP contribution is 2.41. The second kappa shape index (κ2) is 4.88. The summed E-state index contributed by atoms with van der Waals surface area (Å²) in [4.78, 5) is 15.1. The van der Waals surface area contributed by atoms with Crippen molar-refractivity contribution in [2.45, 2.75) is 38.5 Å². The molecule has 5 nitrogen and oxygen atoms in total. The minimum atomic E-state index is -0.714. The molecule has 5 rings (SSSR count). The number of benzene rings is 1. The fourth-order valence-electron chi connectivity index (χ4n) is 3.79. The van der Waals surface area contributed by atoms with Crippen LogP contribution in [-0.4, -0.2) is 42.3 Å². The second-order valence-corrected chi connectivity index (χ2v) is 6.95. The van der Waals surface area contributed by atoms with Crippen molar-refractivity contribution in [3.05, 3.63) is 23.8 Å². The molecule has 1 aromatic carbocycles. The third kappa shape index (κ3) is 2.33. The summed E-state index contributed by atoms with van der Waals surface area (Å²) in [6, 6.07) is 5.74. The number of piperidine rings is 3. The lowest BCUT2D eigenvalue weighted by Crippen LogP contribution is -2.57. The highest BCUT2D eigenvalue weighted by Gasteiger charge is 2.38. The number of hydrogen-bond acceptors (Lipinski definition) is 4. The first kappa shape index (κ1) is 13.9. The van der Waals surface area contributed by atoms with Gasteiger partial charge in [-0.05, 0) is 44.0 Å². The maximum Gasteiger partial charge on any atom is 0.255 e. The van der Waals surface area contributed by atoms with Gasteiger partial charge in [-0.2, -0.15) is 0 Å². The van der Waals surface area contributed by atoms with Gasteiger partial charge in [0.25, 0.3) is 5.91 Å². The molecule has 0 spiro atoms. The molecule has 4 aliphatic rings. The molecule has 1 N–H and O–H groups in total. The Labute approximate surface area is 130 Å². The predicted octanol–water partition coefficient (Wildman–Crippen LogP) is 2.02. The number of para-hydroxylation sites is 1. The van der Waals surface area contributed by atoms with Crippen molar-refractivity contribution < 1.29 is 14.3 Å². The van der Waals surface area contributed by atoms with Crippen molar-refractivity contribution in [3.8, 4) is 11.5 Å². The molecule has 0 aliphatic carbocycles. The molecule has 0 radical (unpaired) electrons. The van der Waals surface area contributed by atoms with E-state index >= 15 is 0 Å². The van der Waals surface area contributed by atoms with E-state index in [4.69, 9.17) is 9.47 Å². The summed E-state index contributed by atoms with van der Waals surface area (Å²) >= 11 is 0. The van der Waals surface area contributed by atoms with Crippen LogP contribution < -0.4 is 14.8 Å². The van der Waals surface area contributed by atoms with Crippen LogP contribution in [0.4, 0.5) is 0 Å². The van der Waals surface area contributed by atoms with Crippen LogP contribution in [0, 0.1) is 5.92 Å². The van der Waals surface area contributed by atoms with Gasteiger partial charge in [0, 0.05) is 26.4 Å². The number of nitrogens with zero attached hydrogens (tertiary/aromatic N) is 1. The largest absolute Gasteiger partial charge is 0.449 e. The highest BCUT2D eigenvalue weighted by atomic mass is 16.7. The molecule has 1 atom stereocenters. The van der Waals surface area contributed by atoms with Gasteiger partial charge in [-0.25, -0.2) is 0 Å². The van der Waals surface area contributed by atoms with Gasteiger partial charge in [0.05, 0.1) is 5.56 Å². The number of amides is 1. The molecule has 4 heterocycles. The van der Waals surface area contributed by atoms with Crippen LogP contribution in [0.15, 0.2) is 18.2 Å². The molecule has 4 aliphatic heterocycles. The lowest BCUT2D eigenvalue weighted by Gasteiger charge is -2.44. The van der Waals surface area contributed by atoms with E-state index in [1.807, 2.05) is 26.0 Å². The number of carbonyl (C=O) groups is 1. The van der Waals surface area contributed by atoms with E-state index < -0.39 is 5.79 Å². The first-order valence-electron chi connectivity index (χ1n) is 8.06. The summed E-state index contributed by atoms with van der Waals surface area (Å²) in [6.07, 6.45) is 2.37. The van der Waals surface area contributed by atoms with Crippen LogP contribution in [0.5, 0.6) is 11.5 Å². The monoisotopic (exact) mass is 302 g/mol. The molecule has 3 saturated heterocycles. The van der Waals surface area contributed by atoms with Crippen molar-refractivity contribution in [2.75, 3.05) is 19.6 Å². The van der Waals surface area contributed by atoms with Crippen LogP contribution in [0.3, 0.4) is 0 Å². The van der Waals surface area contributed by atoms with Gasteiger partial charge >= 0.3 is 0 Å². The summed E-state index contributed by atoms with van der Waals surface area (Å²) < 4.78 is 11.5. The molecule has 0 unspecified atom stereocenters. The average Bonchev–Trinajstić information content (AvgIpc) is 2.82. The Bertz CT molecular complexity index is 606. The number of nitrogens with one attached hydrogen (secondary N) is 1. The van der Waals surface area contributed by atoms with Gasteiger partial charge in [-0.1, -0.05) is 6.07 Å². The number of carbonyl (C=O) groups excluding carboxylic acids is 1. The SMILES string of the molecule is CC1(C)Oc2cccc(C(=O)N[C@H]3CN4CCC3CC4)c2O1. The van der Waals surface area contributed by atoms with Gasteiger partial charge in [-0.15, -0.1) is 0 Å². The predicted molar refractivity (Wildman–Crippen MR) is 82.2 cm³/mol. The Morgan fingerprint density at radius 1 is 1.27 bits per heavy atom. The maximum atomic E-state index is 12.7. The van der Waals surface area contributed by atoms with Crippen molar-refractivity contribution in [1.29, 1.82) is 0 Å². The molecule has 1 aromatic rings. The van der Waals surface area contributed by atoms with E-state index in [1.165, 1.54) is 25.9 Å². The van der Waals surface area contributed by atoms with E-state index in [1.54, 1.807) is 6.07 Å². The Kier molecular flexibility index (Phi) is 3.08. The molecule has 22 heavy (non-hydrogen) atoms. The van der Waals surface area contributed by atoms with Crippen molar-refractivity contribution in [2.24, 2.45) is 5.92 Å². The Hall–Kier alpha value is -1.75. The van der Waals surface area contributed by atoms with Crippen LogP contribution in [0.25, 0.3) is 0 Å². The molecule has 2 bridgehead atoms. The molecule has 118 valence electrons.